The molecule has 0 saturated carbocycles. The molecule has 0 N–H and O–H groups in total. The van der Waals surface area contributed by atoms with Crippen molar-refractivity contribution in [1.29, 1.82) is 0 Å². The summed E-state index contributed by atoms with van der Waals surface area (Å²) in [6.45, 7) is 0. The minimum Gasteiger partial charge on any atom is -0.495 e. The Balaban J connectivity index is 2.15. The fourth-order valence-electron chi connectivity index (χ4n) is 2.74. The fraction of sp³-hybridized carbons (Fsp3) is 0.0526. The van der Waals surface area contributed by atoms with E-state index >= 15 is 0 Å². The molecule has 2 aromatic heterocycles. The molecule has 0 fully saturated rings. The first-order chi connectivity index (χ1) is 11.8. The molecule has 0 aliphatic carbocycles. The zero-order valence-corrected chi connectivity index (χ0v) is 13.0. The molecule has 4 aromatic rings. The highest BCUT2D eigenvalue weighted by molar-refractivity contribution is 5.80. The summed E-state index contributed by atoms with van der Waals surface area (Å²) in [6.07, 6.45) is 1.56. The normalized spacial score (nSPS) is 10.9. The summed E-state index contributed by atoms with van der Waals surface area (Å²) in [5.74, 6) is 1.54. The van der Waals surface area contributed by atoms with E-state index in [4.69, 9.17) is 9.15 Å². The van der Waals surface area contributed by atoms with Gasteiger partial charge in [0.05, 0.1) is 30.0 Å². The quantitative estimate of drug-likeness (QED) is 0.578. The summed E-state index contributed by atoms with van der Waals surface area (Å²) in [4.78, 5) is 17.8. The first-order valence-corrected chi connectivity index (χ1v) is 7.48. The predicted octanol–water partition coefficient (Wildman–Crippen LogP) is 3.65. The van der Waals surface area contributed by atoms with Gasteiger partial charge in [-0.1, -0.05) is 24.3 Å². The highest BCUT2D eigenvalue weighted by atomic mass is 16.5. The second-order valence-electron chi connectivity index (χ2n) is 5.24. The molecule has 5 heteroatoms. The molecule has 2 heterocycles. The first kappa shape index (κ1) is 14.3. The van der Waals surface area contributed by atoms with Crippen LogP contribution in [0.1, 0.15) is 0 Å². The summed E-state index contributed by atoms with van der Waals surface area (Å²) >= 11 is 0. The van der Waals surface area contributed by atoms with Gasteiger partial charge in [-0.15, -0.1) is 0 Å². The van der Waals surface area contributed by atoms with Crippen LogP contribution in [0.2, 0.25) is 0 Å². The van der Waals surface area contributed by atoms with E-state index in [0.29, 0.717) is 33.9 Å². The van der Waals surface area contributed by atoms with Gasteiger partial charge in [0.1, 0.15) is 5.75 Å². The molecule has 0 spiro atoms. The van der Waals surface area contributed by atoms with Crippen molar-refractivity contribution in [3.05, 3.63) is 77.3 Å². The highest BCUT2D eigenvalue weighted by Gasteiger charge is 2.18. The third-order valence-corrected chi connectivity index (χ3v) is 3.84. The average molecular weight is 318 g/mol. The molecule has 2 aromatic carbocycles. The number of benzene rings is 2. The lowest BCUT2D eigenvalue weighted by Crippen LogP contribution is -2.22. The Morgan fingerprint density at radius 3 is 2.58 bits per heavy atom. The monoisotopic (exact) mass is 318 g/mol. The molecule has 4 rings (SSSR count). The van der Waals surface area contributed by atoms with Crippen molar-refractivity contribution in [2.24, 2.45) is 0 Å². The van der Waals surface area contributed by atoms with Crippen LogP contribution in [-0.2, 0) is 0 Å². The topological polar surface area (TPSA) is 57.3 Å². The van der Waals surface area contributed by atoms with Crippen LogP contribution in [0.3, 0.4) is 0 Å². The lowest BCUT2D eigenvalue weighted by atomic mass is 10.2. The number of hydrogen-bond donors (Lipinski definition) is 0. The minimum atomic E-state index is -0.170. The third-order valence-electron chi connectivity index (χ3n) is 3.84. The Hall–Kier alpha value is -3.34. The molecule has 118 valence electrons. The summed E-state index contributed by atoms with van der Waals surface area (Å²) in [6, 6.07) is 18.1. The van der Waals surface area contributed by atoms with Gasteiger partial charge in [-0.05, 0) is 36.4 Å². The van der Waals surface area contributed by atoms with Crippen molar-refractivity contribution < 1.29 is 9.15 Å². The zero-order chi connectivity index (χ0) is 16.5. The number of methoxy groups -OCH3 is 1. The summed E-state index contributed by atoms with van der Waals surface area (Å²) in [5, 5.41) is 0.540. The van der Waals surface area contributed by atoms with Crippen molar-refractivity contribution in [3.8, 4) is 23.0 Å². The van der Waals surface area contributed by atoms with Gasteiger partial charge < -0.3 is 9.15 Å². The molecular formula is C19H14N2O3. The van der Waals surface area contributed by atoms with Crippen molar-refractivity contribution in [2.75, 3.05) is 7.11 Å². The number of nitrogens with zero attached hydrogens (tertiary/aromatic N) is 2. The summed E-state index contributed by atoms with van der Waals surface area (Å²) in [5.41, 5.74) is 1.08. The Bertz CT molecular complexity index is 1070. The van der Waals surface area contributed by atoms with Gasteiger partial charge in [-0.3, -0.25) is 9.36 Å². The Labute approximate surface area is 137 Å². The molecule has 0 radical (unpaired) electrons. The molecule has 24 heavy (non-hydrogen) atoms. The zero-order valence-electron chi connectivity index (χ0n) is 13.0. The first-order valence-electron chi connectivity index (χ1n) is 7.48. The second-order valence-corrected chi connectivity index (χ2v) is 5.24. The van der Waals surface area contributed by atoms with E-state index in [1.165, 1.54) is 4.57 Å². The smallest absolute Gasteiger partial charge is 0.266 e. The van der Waals surface area contributed by atoms with Crippen molar-refractivity contribution in [3.63, 3.8) is 0 Å². The SMILES string of the molecule is COc1ccccc1-n1c(-c2ccco2)nc2ccccc2c1=O. The molecule has 0 atom stereocenters. The number of para-hydroxylation sites is 3. The Kier molecular flexibility index (Phi) is 3.39. The van der Waals surface area contributed by atoms with E-state index in [0.717, 1.165) is 0 Å². The van der Waals surface area contributed by atoms with Crippen LogP contribution in [-0.4, -0.2) is 16.7 Å². The van der Waals surface area contributed by atoms with Crippen LogP contribution in [0.5, 0.6) is 5.75 Å². The lowest BCUT2D eigenvalue weighted by Gasteiger charge is -2.14. The maximum atomic E-state index is 13.1. The second kappa shape index (κ2) is 5.70. The van der Waals surface area contributed by atoms with E-state index in [1.807, 2.05) is 42.5 Å². The Morgan fingerprint density at radius 1 is 1.00 bits per heavy atom. The third kappa shape index (κ3) is 2.18. The van der Waals surface area contributed by atoms with Crippen LogP contribution in [0.15, 0.2) is 76.1 Å². The number of furan rings is 1. The van der Waals surface area contributed by atoms with Gasteiger partial charge in [0.2, 0.25) is 0 Å². The van der Waals surface area contributed by atoms with Crippen LogP contribution < -0.4 is 10.3 Å². The molecular weight excluding hydrogens is 304 g/mol. The van der Waals surface area contributed by atoms with E-state index in [1.54, 1.807) is 31.6 Å². The van der Waals surface area contributed by atoms with Crippen LogP contribution in [0.4, 0.5) is 0 Å². The van der Waals surface area contributed by atoms with Crippen LogP contribution in [0.25, 0.3) is 28.2 Å². The summed E-state index contributed by atoms with van der Waals surface area (Å²) in [7, 11) is 1.57. The lowest BCUT2D eigenvalue weighted by molar-refractivity contribution is 0.412. The van der Waals surface area contributed by atoms with Crippen molar-refractivity contribution >= 4 is 10.9 Å². The van der Waals surface area contributed by atoms with E-state index in [2.05, 4.69) is 4.98 Å². The average Bonchev–Trinajstić information content (AvgIpc) is 3.16. The highest BCUT2D eigenvalue weighted by Crippen LogP contribution is 2.27. The van der Waals surface area contributed by atoms with Crippen LogP contribution in [0, 0.1) is 0 Å². The van der Waals surface area contributed by atoms with Gasteiger partial charge >= 0.3 is 0 Å². The van der Waals surface area contributed by atoms with Crippen molar-refractivity contribution in [2.45, 2.75) is 0 Å². The van der Waals surface area contributed by atoms with Gasteiger partial charge in [0, 0.05) is 0 Å². The van der Waals surface area contributed by atoms with Crippen LogP contribution >= 0.6 is 0 Å². The molecule has 0 aliphatic rings. The standard InChI is InChI=1S/C19H14N2O3/c1-23-16-10-5-4-9-15(16)21-18(17-11-6-12-24-17)20-14-8-3-2-7-13(14)19(21)22/h2-12H,1H3. The Morgan fingerprint density at radius 2 is 1.79 bits per heavy atom. The molecule has 5 nitrogen and oxygen atoms in total. The number of aromatic nitrogens is 2. The molecule has 0 bridgehead atoms. The largest absolute Gasteiger partial charge is 0.495 e. The van der Waals surface area contributed by atoms with E-state index in [-0.39, 0.29) is 5.56 Å². The fourth-order valence-corrected chi connectivity index (χ4v) is 2.74. The maximum absolute atomic E-state index is 13.1. The predicted molar refractivity (Wildman–Crippen MR) is 91.6 cm³/mol. The summed E-state index contributed by atoms with van der Waals surface area (Å²) < 4.78 is 12.4. The number of rotatable bonds is 3. The molecule has 0 aliphatic heterocycles. The molecule has 0 unspecified atom stereocenters. The molecule has 0 saturated heterocycles. The van der Waals surface area contributed by atoms with E-state index < -0.39 is 0 Å². The molecule has 0 amide bonds. The number of fused-ring (bicyclic) bond motifs is 1. The number of hydrogen-bond acceptors (Lipinski definition) is 4. The van der Waals surface area contributed by atoms with E-state index in [9.17, 15) is 4.79 Å². The number of ether oxygens (including phenoxy) is 1. The van der Waals surface area contributed by atoms with Gasteiger partial charge in [-0.2, -0.15) is 0 Å². The van der Waals surface area contributed by atoms with Gasteiger partial charge in [-0.25, -0.2) is 4.98 Å². The minimum absolute atomic E-state index is 0.170. The maximum Gasteiger partial charge on any atom is 0.266 e. The van der Waals surface area contributed by atoms with Gasteiger partial charge in [0.15, 0.2) is 11.6 Å². The van der Waals surface area contributed by atoms with Gasteiger partial charge in [0.25, 0.3) is 5.56 Å². The van der Waals surface area contributed by atoms with Crippen molar-refractivity contribution in [1.82, 2.24) is 9.55 Å².